The van der Waals surface area contributed by atoms with Crippen LogP contribution in [0.2, 0.25) is 0 Å². The predicted octanol–water partition coefficient (Wildman–Crippen LogP) is 7.32. The Hall–Kier alpha value is -0.790. The van der Waals surface area contributed by atoms with E-state index in [1.165, 1.54) is 51.4 Å². The van der Waals surface area contributed by atoms with Gasteiger partial charge in [0, 0.05) is 6.08 Å². The largest absolute Gasteiger partial charge is 0.460 e. The molecule has 0 bridgehead atoms. The summed E-state index contributed by atoms with van der Waals surface area (Å²) < 4.78 is 5.15. The molecule has 0 saturated heterocycles. The summed E-state index contributed by atoms with van der Waals surface area (Å²) in [6.07, 6.45) is 13.3. The van der Waals surface area contributed by atoms with Crippen LogP contribution >= 0.6 is 0 Å². The third kappa shape index (κ3) is 16.4. The quantitative estimate of drug-likeness (QED) is 0.242. The lowest BCUT2D eigenvalue weighted by Crippen LogP contribution is -2.09. The highest BCUT2D eigenvalue weighted by Gasteiger charge is 2.07. The summed E-state index contributed by atoms with van der Waals surface area (Å²) >= 11 is 0. The Morgan fingerprint density at radius 3 is 1.76 bits per heavy atom. The van der Waals surface area contributed by atoms with Crippen molar-refractivity contribution in [1.29, 1.82) is 0 Å². The SMILES string of the molecule is C/C(=C\C(=O)OC(C)C)CCC[C@H](C)CCC[C@H](C)CCCC(C)C. The fraction of sp³-hybridized carbons (Fsp3) is 0.870. The molecule has 0 aromatic heterocycles. The topological polar surface area (TPSA) is 26.3 Å². The van der Waals surface area contributed by atoms with Crippen molar-refractivity contribution < 1.29 is 9.53 Å². The van der Waals surface area contributed by atoms with Gasteiger partial charge < -0.3 is 4.74 Å². The van der Waals surface area contributed by atoms with Gasteiger partial charge in [-0.15, -0.1) is 0 Å². The molecule has 0 aromatic rings. The van der Waals surface area contributed by atoms with Gasteiger partial charge in [-0.05, 0) is 51.4 Å². The van der Waals surface area contributed by atoms with Gasteiger partial charge >= 0.3 is 5.97 Å². The van der Waals surface area contributed by atoms with Crippen molar-refractivity contribution in [3.05, 3.63) is 11.6 Å². The lowest BCUT2D eigenvalue weighted by molar-refractivity contribution is -0.141. The van der Waals surface area contributed by atoms with Gasteiger partial charge in [-0.2, -0.15) is 0 Å². The minimum Gasteiger partial charge on any atom is -0.460 e. The van der Waals surface area contributed by atoms with E-state index in [4.69, 9.17) is 4.74 Å². The first-order valence-electron chi connectivity index (χ1n) is 10.6. The van der Waals surface area contributed by atoms with E-state index in [1.807, 2.05) is 20.8 Å². The number of rotatable bonds is 14. The summed E-state index contributed by atoms with van der Waals surface area (Å²) in [6, 6.07) is 0. The molecule has 2 nitrogen and oxygen atoms in total. The zero-order chi connectivity index (χ0) is 19.2. The summed E-state index contributed by atoms with van der Waals surface area (Å²) in [5, 5.41) is 0. The summed E-state index contributed by atoms with van der Waals surface area (Å²) in [6.45, 7) is 15.2. The van der Waals surface area contributed by atoms with E-state index in [0.29, 0.717) is 0 Å². The second kappa shape index (κ2) is 14.4. The van der Waals surface area contributed by atoms with Gasteiger partial charge in [0.2, 0.25) is 0 Å². The minimum atomic E-state index is -0.202. The number of allylic oxidation sites excluding steroid dienone is 1. The molecule has 0 heterocycles. The van der Waals surface area contributed by atoms with Crippen LogP contribution in [0.1, 0.15) is 106 Å². The van der Waals surface area contributed by atoms with E-state index >= 15 is 0 Å². The Labute approximate surface area is 157 Å². The van der Waals surface area contributed by atoms with Crippen LogP contribution in [0.15, 0.2) is 11.6 Å². The maximum Gasteiger partial charge on any atom is 0.330 e. The van der Waals surface area contributed by atoms with Crippen LogP contribution in [0.25, 0.3) is 0 Å². The molecular weight excluding hydrogens is 308 g/mol. The fourth-order valence-corrected chi connectivity index (χ4v) is 3.25. The van der Waals surface area contributed by atoms with Crippen molar-refractivity contribution in [2.45, 2.75) is 112 Å². The molecule has 0 rings (SSSR count). The number of hydrogen-bond acceptors (Lipinski definition) is 2. The maximum absolute atomic E-state index is 11.6. The molecular formula is C23H44O2. The molecule has 0 aliphatic carbocycles. The van der Waals surface area contributed by atoms with Crippen LogP contribution in [0.4, 0.5) is 0 Å². The van der Waals surface area contributed by atoms with Gasteiger partial charge in [0.1, 0.15) is 0 Å². The zero-order valence-corrected chi connectivity index (χ0v) is 18.1. The zero-order valence-electron chi connectivity index (χ0n) is 18.1. The van der Waals surface area contributed by atoms with E-state index in [2.05, 4.69) is 27.7 Å². The average Bonchev–Trinajstić information content (AvgIpc) is 2.45. The molecule has 0 radical (unpaired) electrons. The second-order valence-corrected chi connectivity index (χ2v) is 8.83. The van der Waals surface area contributed by atoms with E-state index < -0.39 is 0 Å². The highest BCUT2D eigenvalue weighted by Crippen LogP contribution is 2.22. The number of hydrogen-bond donors (Lipinski definition) is 0. The first-order valence-corrected chi connectivity index (χ1v) is 10.6. The molecule has 2 heteroatoms. The van der Waals surface area contributed by atoms with E-state index in [9.17, 15) is 4.79 Å². The normalized spacial score (nSPS) is 14.8. The molecule has 0 saturated carbocycles. The molecule has 0 spiro atoms. The molecule has 0 fully saturated rings. The summed E-state index contributed by atoms with van der Waals surface area (Å²) in [7, 11) is 0. The molecule has 25 heavy (non-hydrogen) atoms. The van der Waals surface area contributed by atoms with E-state index in [1.54, 1.807) is 6.08 Å². The van der Waals surface area contributed by atoms with Crippen LogP contribution in [0.5, 0.6) is 0 Å². The van der Waals surface area contributed by atoms with Crippen LogP contribution in [-0.2, 0) is 9.53 Å². The highest BCUT2D eigenvalue weighted by molar-refractivity contribution is 5.82. The molecule has 2 atom stereocenters. The van der Waals surface area contributed by atoms with E-state index in [-0.39, 0.29) is 12.1 Å². The first-order chi connectivity index (χ1) is 11.7. The van der Waals surface area contributed by atoms with Crippen LogP contribution in [0, 0.1) is 17.8 Å². The molecule has 148 valence electrons. The lowest BCUT2D eigenvalue weighted by Gasteiger charge is -2.15. The molecule has 0 unspecified atom stereocenters. The summed E-state index contributed by atoms with van der Waals surface area (Å²) in [5.74, 6) is 2.31. The van der Waals surface area contributed by atoms with Crippen molar-refractivity contribution in [3.63, 3.8) is 0 Å². The number of carbonyl (C=O) groups is 1. The molecule has 0 aromatic carbocycles. The monoisotopic (exact) mass is 352 g/mol. The smallest absolute Gasteiger partial charge is 0.330 e. The van der Waals surface area contributed by atoms with Gasteiger partial charge in [-0.3, -0.25) is 0 Å². The Morgan fingerprint density at radius 2 is 1.28 bits per heavy atom. The Morgan fingerprint density at radius 1 is 0.800 bits per heavy atom. The second-order valence-electron chi connectivity index (χ2n) is 8.83. The Bertz CT molecular complexity index is 368. The third-order valence-electron chi connectivity index (χ3n) is 4.86. The number of ether oxygens (including phenoxy) is 1. The van der Waals surface area contributed by atoms with Gasteiger partial charge in [0.25, 0.3) is 0 Å². The van der Waals surface area contributed by atoms with Crippen LogP contribution in [0.3, 0.4) is 0 Å². The maximum atomic E-state index is 11.6. The van der Waals surface area contributed by atoms with Crippen molar-refractivity contribution >= 4 is 5.97 Å². The van der Waals surface area contributed by atoms with Crippen molar-refractivity contribution in [3.8, 4) is 0 Å². The van der Waals surface area contributed by atoms with Crippen LogP contribution < -0.4 is 0 Å². The Kier molecular flexibility index (Phi) is 13.9. The molecule has 0 aliphatic heterocycles. The van der Waals surface area contributed by atoms with E-state index in [0.717, 1.165) is 29.7 Å². The minimum absolute atomic E-state index is 0.0377. The Balaban J connectivity index is 3.74. The summed E-state index contributed by atoms with van der Waals surface area (Å²) in [5.41, 5.74) is 1.14. The third-order valence-corrected chi connectivity index (χ3v) is 4.86. The lowest BCUT2D eigenvalue weighted by atomic mass is 9.91. The van der Waals surface area contributed by atoms with Gasteiger partial charge in [0.15, 0.2) is 0 Å². The molecule has 0 aliphatic rings. The summed E-state index contributed by atoms with van der Waals surface area (Å²) in [4.78, 5) is 11.6. The van der Waals surface area contributed by atoms with Gasteiger partial charge in [-0.1, -0.05) is 78.2 Å². The molecule has 0 amide bonds. The van der Waals surface area contributed by atoms with Crippen molar-refractivity contribution in [2.75, 3.05) is 0 Å². The standard InChI is InChI=1S/C23H44O2/c1-18(2)11-8-12-20(5)13-9-14-21(6)15-10-16-22(7)17-23(24)25-19(3)4/h17-21H,8-16H2,1-7H3/b22-17+/t20-,21-/m1/s1. The van der Waals surface area contributed by atoms with Gasteiger partial charge in [-0.25, -0.2) is 4.79 Å². The van der Waals surface area contributed by atoms with Crippen molar-refractivity contribution in [2.24, 2.45) is 17.8 Å². The molecule has 0 N–H and O–H groups in total. The van der Waals surface area contributed by atoms with Gasteiger partial charge in [0.05, 0.1) is 6.10 Å². The highest BCUT2D eigenvalue weighted by atomic mass is 16.5. The average molecular weight is 353 g/mol. The predicted molar refractivity (Wildman–Crippen MR) is 110 cm³/mol. The first kappa shape index (κ1) is 24.2. The number of carbonyl (C=O) groups excluding carboxylic acids is 1. The van der Waals surface area contributed by atoms with Crippen LogP contribution in [-0.4, -0.2) is 12.1 Å². The fourth-order valence-electron chi connectivity index (χ4n) is 3.25. The van der Waals surface area contributed by atoms with Crippen molar-refractivity contribution in [1.82, 2.24) is 0 Å². The number of esters is 1.